The Bertz CT molecular complexity index is 214. The molecule has 0 aliphatic heterocycles. The van der Waals surface area contributed by atoms with Gasteiger partial charge in [-0.2, -0.15) is 0 Å². The van der Waals surface area contributed by atoms with Crippen molar-refractivity contribution in [3.8, 4) is 0 Å². The summed E-state index contributed by atoms with van der Waals surface area (Å²) in [7, 11) is 0. The van der Waals surface area contributed by atoms with Crippen molar-refractivity contribution in [1.82, 2.24) is 0 Å². The number of hydrogen-bond acceptors (Lipinski definition) is 0. The normalized spacial score (nSPS) is 34.7. The molecule has 88 valence electrons. The Balaban J connectivity index is 0.000000531. The van der Waals surface area contributed by atoms with Gasteiger partial charge in [0.1, 0.15) is 0 Å². The standard InChI is InChI=1S/C13H22.C2H6/c1-3-13-8-5-4-6-12(13)10-11(2)7-9-13;1-2/h6,11H,3-5,7-10H2,1-2H3;1-2H3/t11-,13-;/m0./s1. The molecule has 0 heterocycles. The molecule has 0 nitrogen and oxygen atoms in total. The number of allylic oxidation sites excluding steroid dienone is 2. The molecule has 15 heavy (non-hydrogen) atoms. The Hall–Kier alpha value is -0.260. The monoisotopic (exact) mass is 208 g/mol. The van der Waals surface area contributed by atoms with Crippen LogP contribution in [0, 0.1) is 11.3 Å². The fourth-order valence-corrected chi connectivity index (χ4v) is 3.26. The van der Waals surface area contributed by atoms with Crippen molar-refractivity contribution in [3.63, 3.8) is 0 Å². The van der Waals surface area contributed by atoms with Crippen LogP contribution in [-0.2, 0) is 0 Å². The number of rotatable bonds is 1. The molecule has 2 rings (SSSR count). The molecular weight excluding hydrogens is 180 g/mol. The summed E-state index contributed by atoms with van der Waals surface area (Å²) >= 11 is 0. The van der Waals surface area contributed by atoms with E-state index in [1.54, 1.807) is 0 Å². The molecule has 0 heteroatoms. The largest absolute Gasteiger partial charge is 0.0848 e. The molecular formula is C15H28. The predicted octanol–water partition coefficient (Wildman–Crippen LogP) is 5.34. The maximum absolute atomic E-state index is 2.56. The fourth-order valence-electron chi connectivity index (χ4n) is 3.26. The molecule has 2 aliphatic carbocycles. The Morgan fingerprint density at radius 3 is 2.73 bits per heavy atom. The van der Waals surface area contributed by atoms with Gasteiger partial charge in [-0.05, 0) is 56.3 Å². The first-order chi connectivity index (χ1) is 7.27. The molecule has 0 aromatic rings. The molecule has 0 radical (unpaired) electrons. The van der Waals surface area contributed by atoms with Crippen LogP contribution < -0.4 is 0 Å². The lowest BCUT2D eigenvalue weighted by Crippen LogP contribution is -2.30. The van der Waals surface area contributed by atoms with Gasteiger partial charge in [0.15, 0.2) is 0 Å². The van der Waals surface area contributed by atoms with E-state index in [1.807, 2.05) is 19.4 Å². The molecule has 0 amide bonds. The van der Waals surface area contributed by atoms with Crippen LogP contribution in [0.2, 0.25) is 0 Å². The van der Waals surface area contributed by atoms with E-state index < -0.39 is 0 Å². The van der Waals surface area contributed by atoms with E-state index in [2.05, 4.69) is 19.9 Å². The Kier molecular flexibility index (Phi) is 4.89. The minimum Gasteiger partial charge on any atom is -0.0848 e. The van der Waals surface area contributed by atoms with Crippen LogP contribution in [-0.4, -0.2) is 0 Å². The minimum absolute atomic E-state index is 0.658. The molecule has 0 bridgehead atoms. The molecule has 1 fully saturated rings. The smallest absolute Gasteiger partial charge is 0.00904 e. The molecule has 0 unspecified atom stereocenters. The van der Waals surface area contributed by atoms with Crippen molar-refractivity contribution < 1.29 is 0 Å². The number of hydrogen-bond donors (Lipinski definition) is 0. The van der Waals surface area contributed by atoms with Gasteiger partial charge in [-0.3, -0.25) is 0 Å². The van der Waals surface area contributed by atoms with Crippen LogP contribution in [0.1, 0.15) is 72.6 Å². The summed E-state index contributed by atoms with van der Waals surface area (Å²) in [6.45, 7) is 8.80. The van der Waals surface area contributed by atoms with E-state index >= 15 is 0 Å². The highest BCUT2D eigenvalue weighted by Gasteiger charge is 2.37. The highest BCUT2D eigenvalue weighted by atomic mass is 14.4. The lowest BCUT2D eigenvalue weighted by Gasteiger charge is -2.44. The predicted molar refractivity (Wildman–Crippen MR) is 69.0 cm³/mol. The Morgan fingerprint density at radius 1 is 1.33 bits per heavy atom. The Labute approximate surface area is 96.2 Å². The first-order valence-corrected chi connectivity index (χ1v) is 6.96. The van der Waals surface area contributed by atoms with Gasteiger partial charge in [-0.1, -0.05) is 39.3 Å². The average molecular weight is 208 g/mol. The molecule has 0 saturated heterocycles. The van der Waals surface area contributed by atoms with Crippen LogP contribution in [0.4, 0.5) is 0 Å². The molecule has 2 aliphatic rings. The second-order valence-corrected chi connectivity index (χ2v) is 5.10. The van der Waals surface area contributed by atoms with Crippen LogP contribution in [0.25, 0.3) is 0 Å². The zero-order valence-corrected chi connectivity index (χ0v) is 11.1. The van der Waals surface area contributed by atoms with Gasteiger partial charge < -0.3 is 0 Å². The first kappa shape index (κ1) is 12.8. The van der Waals surface area contributed by atoms with Gasteiger partial charge in [0, 0.05) is 0 Å². The van der Waals surface area contributed by atoms with Crippen LogP contribution in [0.5, 0.6) is 0 Å². The van der Waals surface area contributed by atoms with E-state index in [0.717, 1.165) is 5.92 Å². The second-order valence-electron chi connectivity index (χ2n) is 5.10. The summed E-state index contributed by atoms with van der Waals surface area (Å²) in [4.78, 5) is 0. The van der Waals surface area contributed by atoms with Gasteiger partial charge in [0.05, 0.1) is 0 Å². The average Bonchev–Trinajstić information content (AvgIpc) is 2.32. The minimum atomic E-state index is 0.658. The Morgan fingerprint density at radius 2 is 2.07 bits per heavy atom. The topological polar surface area (TPSA) is 0 Å². The van der Waals surface area contributed by atoms with Crippen molar-refractivity contribution >= 4 is 0 Å². The van der Waals surface area contributed by atoms with Gasteiger partial charge in [0.2, 0.25) is 0 Å². The SMILES string of the molecule is CC.CC[C@@]12CCCC=C1C[C@@H](C)CC2. The summed E-state index contributed by atoms with van der Waals surface area (Å²) in [5, 5.41) is 0. The van der Waals surface area contributed by atoms with Crippen LogP contribution >= 0.6 is 0 Å². The second kappa shape index (κ2) is 5.72. The van der Waals surface area contributed by atoms with Gasteiger partial charge >= 0.3 is 0 Å². The van der Waals surface area contributed by atoms with E-state index in [-0.39, 0.29) is 0 Å². The van der Waals surface area contributed by atoms with Crippen LogP contribution in [0.15, 0.2) is 11.6 Å². The zero-order chi connectivity index (χ0) is 11.3. The summed E-state index contributed by atoms with van der Waals surface area (Å²) in [5.74, 6) is 0.948. The van der Waals surface area contributed by atoms with Crippen molar-refractivity contribution in [2.24, 2.45) is 11.3 Å². The van der Waals surface area contributed by atoms with Crippen molar-refractivity contribution in [2.45, 2.75) is 72.6 Å². The van der Waals surface area contributed by atoms with Gasteiger partial charge in [0.25, 0.3) is 0 Å². The highest BCUT2D eigenvalue weighted by molar-refractivity contribution is 5.20. The van der Waals surface area contributed by atoms with Crippen molar-refractivity contribution in [3.05, 3.63) is 11.6 Å². The number of fused-ring (bicyclic) bond motifs is 1. The molecule has 0 aromatic carbocycles. The zero-order valence-electron chi connectivity index (χ0n) is 11.1. The first-order valence-electron chi connectivity index (χ1n) is 6.96. The van der Waals surface area contributed by atoms with Gasteiger partial charge in [-0.25, -0.2) is 0 Å². The van der Waals surface area contributed by atoms with E-state index in [0.29, 0.717) is 5.41 Å². The molecule has 0 N–H and O–H groups in total. The lowest BCUT2D eigenvalue weighted by molar-refractivity contribution is 0.197. The van der Waals surface area contributed by atoms with Crippen LogP contribution in [0.3, 0.4) is 0 Å². The summed E-state index contributed by atoms with van der Waals surface area (Å²) in [5.41, 5.74) is 2.48. The molecule has 0 spiro atoms. The third-order valence-electron chi connectivity index (χ3n) is 4.29. The quantitative estimate of drug-likeness (QED) is 0.510. The fraction of sp³-hybridized carbons (Fsp3) is 0.867. The van der Waals surface area contributed by atoms with Gasteiger partial charge in [-0.15, -0.1) is 0 Å². The van der Waals surface area contributed by atoms with E-state index in [4.69, 9.17) is 0 Å². The van der Waals surface area contributed by atoms with Crippen molar-refractivity contribution in [2.75, 3.05) is 0 Å². The summed E-state index contributed by atoms with van der Waals surface area (Å²) < 4.78 is 0. The maximum Gasteiger partial charge on any atom is -0.00904 e. The summed E-state index contributed by atoms with van der Waals surface area (Å²) in [6, 6.07) is 0. The van der Waals surface area contributed by atoms with E-state index in [9.17, 15) is 0 Å². The third kappa shape index (κ3) is 2.65. The maximum atomic E-state index is 2.56. The molecule has 2 atom stereocenters. The lowest BCUT2D eigenvalue weighted by atomic mass is 9.61. The van der Waals surface area contributed by atoms with Crippen molar-refractivity contribution in [1.29, 1.82) is 0 Å². The highest BCUT2D eigenvalue weighted by Crippen LogP contribution is 2.50. The van der Waals surface area contributed by atoms with E-state index in [1.165, 1.54) is 44.9 Å². The summed E-state index contributed by atoms with van der Waals surface area (Å²) in [6.07, 6.45) is 12.5. The molecule has 1 saturated carbocycles. The third-order valence-corrected chi connectivity index (χ3v) is 4.29. The molecule has 0 aromatic heterocycles.